The van der Waals surface area contributed by atoms with Crippen LogP contribution in [0.25, 0.3) is 0 Å². The van der Waals surface area contributed by atoms with Crippen LogP contribution in [-0.4, -0.2) is 62.8 Å². The van der Waals surface area contributed by atoms with Gasteiger partial charge >= 0.3 is 0 Å². The highest BCUT2D eigenvalue weighted by Crippen LogP contribution is 2.33. The van der Waals surface area contributed by atoms with Crippen LogP contribution in [0.4, 0.5) is 0 Å². The first-order chi connectivity index (χ1) is 11.1. The molecule has 5 nitrogen and oxygen atoms in total. The number of rotatable bonds is 7. The Balaban J connectivity index is 2.17. The van der Waals surface area contributed by atoms with Crippen molar-refractivity contribution in [3.63, 3.8) is 0 Å². The molecule has 0 bridgehead atoms. The summed E-state index contributed by atoms with van der Waals surface area (Å²) in [6.07, 6.45) is 1.21. The maximum absolute atomic E-state index is 6.13. The van der Waals surface area contributed by atoms with Gasteiger partial charge in [0.2, 0.25) is 0 Å². The van der Waals surface area contributed by atoms with Crippen LogP contribution in [-0.2, 0) is 0 Å². The Hall–Kier alpha value is -1.30. The van der Waals surface area contributed by atoms with Crippen LogP contribution >= 0.6 is 0 Å². The molecule has 1 heterocycles. The van der Waals surface area contributed by atoms with E-state index in [0.29, 0.717) is 12.6 Å². The van der Waals surface area contributed by atoms with Gasteiger partial charge in [-0.2, -0.15) is 0 Å². The minimum absolute atomic E-state index is 0.182. The lowest BCUT2D eigenvalue weighted by Crippen LogP contribution is -2.53. The normalized spacial score (nSPS) is 21.2. The monoisotopic (exact) mass is 321 g/mol. The van der Waals surface area contributed by atoms with Gasteiger partial charge in [0.25, 0.3) is 0 Å². The summed E-state index contributed by atoms with van der Waals surface area (Å²) >= 11 is 0. The number of hydrogen-bond donors (Lipinski definition) is 1. The van der Waals surface area contributed by atoms with Crippen molar-refractivity contribution in [3.8, 4) is 11.5 Å². The quantitative estimate of drug-likeness (QED) is 0.834. The fraction of sp³-hybridized carbons (Fsp3) is 0.667. The van der Waals surface area contributed by atoms with E-state index >= 15 is 0 Å². The number of benzene rings is 1. The molecule has 1 aromatic carbocycles. The van der Waals surface area contributed by atoms with Crippen LogP contribution in [0, 0.1) is 0 Å². The van der Waals surface area contributed by atoms with Crippen molar-refractivity contribution in [2.75, 3.05) is 46.9 Å². The van der Waals surface area contributed by atoms with E-state index in [1.165, 1.54) is 13.0 Å². The summed E-state index contributed by atoms with van der Waals surface area (Å²) in [6.45, 7) is 9.49. The molecule has 0 amide bonds. The van der Waals surface area contributed by atoms with Gasteiger partial charge in [0.05, 0.1) is 20.3 Å². The van der Waals surface area contributed by atoms with E-state index in [-0.39, 0.29) is 6.04 Å². The molecule has 1 fully saturated rings. The van der Waals surface area contributed by atoms with Crippen molar-refractivity contribution in [1.29, 1.82) is 0 Å². The molecule has 0 aromatic heterocycles. The number of nitrogens with zero attached hydrogens (tertiary/aromatic N) is 2. The SMILES string of the molecule is CCCN1CCN(C(CN)c2ccc(OC)cc2OC)CC1C. The van der Waals surface area contributed by atoms with Gasteiger partial charge < -0.3 is 15.2 Å². The lowest BCUT2D eigenvalue weighted by atomic mass is 10.0. The molecule has 2 unspecified atom stereocenters. The number of piperazine rings is 1. The minimum Gasteiger partial charge on any atom is -0.497 e. The second-order valence-corrected chi connectivity index (χ2v) is 6.24. The summed E-state index contributed by atoms with van der Waals surface area (Å²) in [5, 5.41) is 0. The molecule has 0 saturated carbocycles. The molecule has 1 aliphatic rings. The molecule has 1 saturated heterocycles. The van der Waals surface area contributed by atoms with E-state index < -0.39 is 0 Å². The molecule has 2 rings (SSSR count). The molecule has 2 N–H and O–H groups in total. The first-order valence-corrected chi connectivity index (χ1v) is 8.54. The minimum atomic E-state index is 0.182. The molecule has 0 aliphatic carbocycles. The average molecular weight is 321 g/mol. The van der Waals surface area contributed by atoms with Gasteiger partial charge in [0.15, 0.2) is 0 Å². The third-order valence-electron chi connectivity index (χ3n) is 4.77. The average Bonchev–Trinajstić information content (AvgIpc) is 2.58. The van der Waals surface area contributed by atoms with Gasteiger partial charge in [-0.3, -0.25) is 9.80 Å². The van der Waals surface area contributed by atoms with Crippen LogP contribution in [0.1, 0.15) is 31.9 Å². The first-order valence-electron chi connectivity index (χ1n) is 8.54. The third kappa shape index (κ3) is 4.16. The highest BCUT2D eigenvalue weighted by Gasteiger charge is 2.29. The molecule has 23 heavy (non-hydrogen) atoms. The van der Waals surface area contributed by atoms with Crippen molar-refractivity contribution in [2.24, 2.45) is 5.73 Å². The largest absolute Gasteiger partial charge is 0.497 e. The van der Waals surface area contributed by atoms with Gasteiger partial charge in [-0.1, -0.05) is 13.0 Å². The Morgan fingerprint density at radius 2 is 2.04 bits per heavy atom. The molecule has 1 aromatic rings. The summed E-state index contributed by atoms with van der Waals surface area (Å²) in [5.74, 6) is 1.66. The van der Waals surface area contributed by atoms with E-state index in [9.17, 15) is 0 Å². The molecular formula is C18H31N3O2. The van der Waals surface area contributed by atoms with E-state index in [0.717, 1.165) is 36.7 Å². The lowest BCUT2D eigenvalue weighted by Gasteiger charge is -2.43. The van der Waals surface area contributed by atoms with Crippen molar-refractivity contribution in [1.82, 2.24) is 9.80 Å². The van der Waals surface area contributed by atoms with Gasteiger partial charge in [-0.05, 0) is 26.0 Å². The highest BCUT2D eigenvalue weighted by atomic mass is 16.5. The zero-order chi connectivity index (χ0) is 16.8. The first kappa shape index (κ1) is 18.0. The Morgan fingerprint density at radius 3 is 2.61 bits per heavy atom. The second-order valence-electron chi connectivity index (χ2n) is 6.24. The Kier molecular flexibility index (Phi) is 6.69. The Bertz CT molecular complexity index is 495. The van der Waals surface area contributed by atoms with Crippen LogP contribution in [0.2, 0.25) is 0 Å². The van der Waals surface area contributed by atoms with E-state index in [1.54, 1.807) is 14.2 Å². The summed E-state index contributed by atoms with van der Waals surface area (Å²) in [6, 6.07) is 6.74. The van der Waals surface area contributed by atoms with Crippen molar-refractivity contribution >= 4 is 0 Å². The smallest absolute Gasteiger partial charge is 0.127 e. The van der Waals surface area contributed by atoms with Crippen molar-refractivity contribution in [2.45, 2.75) is 32.4 Å². The molecular weight excluding hydrogens is 290 g/mol. The van der Waals surface area contributed by atoms with Crippen LogP contribution in [0.15, 0.2) is 18.2 Å². The Morgan fingerprint density at radius 1 is 1.26 bits per heavy atom. The molecule has 1 aliphatic heterocycles. The van der Waals surface area contributed by atoms with Gasteiger partial charge in [0, 0.05) is 43.9 Å². The number of methoxy groups -OCH3 is 2. The summed E-state index contributed by atoms with van der Waals surface area (Å²) in [4.78, 5) is 5.05. The number of ether oxygens (including phenoxy) is 2. The molecule has 0 radical (unpaired) electrons. The van der Waals surface area contributed by atoms with Crippen LogP contribution in [0.5, 0.6) is 11.5 Å². The maximum atomic E-state index is 6.13. The maximum Gasteiger partial charge on any atom is 0.127 e. The van der Waals surface area contributed by atoms with Gasteiger partial charge in [0.1, 0.15) is 11.5 Å². The molecule has 5 heteroatoms. The lowest BCUT2D eigenvalue weighted by molar-refractivity contribution is 0.0565. The molecule has 0 spiro atoms. The highest BCUT2D eigenvalue weighted by molar-refractivity contribution is 5.42. The number of hydrogen-bond acceptors (Lipinski definition) is 5. The van der Waals surface area contributed by atoms with Crippen LogP contribution < -0.4 is 15.2 Å². The Labute approximate surface area is 140 Å². The standard InChI is InChI=1S/C18H31N3O2/c1-5-8-20-9-10-21(13-14(20)2)17(12-19)16-7-6-15(22-3)11-18(16)23-4/h6-7,11,14,17H,5,8-10,12-13,19H2,1-4H3. The summed E-state index contributed by atoms with van der Waals surface area (Å²) < 4.78 is 10.9. The van der Waals surface area contributed by atoms with Gasteiger partial charge in [-0.25, -0.2) is 0 Å². The summed E-state index contributed by atoms with van der Waals surface area (Å²) in [7, 11) is 3.37. The van der Waals surface area contributed by atoms with E-state index in [1.807, 2.05) is 12.1 Å². The summed E-state index contributed by atoms with van der Waals surface area (Å²) in [5.41, 5.74) is 7.27. The predicted octanol–water partition coefficient (Wildman–Crippen LogP) is 2.12. The van der Waals surface area contributed by atoms with Crippen molar-refractivity contribution in [3.05, 3.63) is 23.8 Å². The van der Waals surface area contributed by atoms with Gasteiger partial charge in [-0.15, -0.1) is 0 Å². The zero-order valence-electron chi connectivity index (χ0n) is 14.9. The third-order valence-corrected chi connectivity index (χ3v) is 4.77. The van der Waals surface area contributed by atoms with E-state index in [4.69, 9.17) is 15.2 Å². The fourth-order valence-electron chi connectivity index (χ4n) is 3.49. The van der Waals surface area contributed by atoms with E-state index in [2.05, 4.69) is 29.7 Å². The fourth-order valence-corrected chi connectivity index (χ4v) is 3.49. The topological polar surface area (TPSA) is 51.0 Å². The van der Waals surface area contributed by atoms with Crippen LogP contribution in [0.3, 0.4) is 0 Å². The zero-order valence-corrected chi connectivity index (χ0v) is 14.9. The predicted molar refractivity (Wildman–Crippen MR) is 94.2 cm³/mol. The number of nitrogens with two attached hydrogens (primary N) is 1. The second kappa shape index (κ2) is 8.52. The van der Waals surface area contributed by atoms with Crippen molar-refractivity contribution < 1.29 is 9.47 Å². The molecule has 2 atom stereocenters. The molecule has 130 valence electrons.